The maximum absolute atomic E-state index is 14.4. The lowest BCUT2D eigenvalue weighted by molar-refractivity contribution is -0.384. The molecule has 2 saturated heterocycles. The van der Waals surface area contributed by atoms with Gasteiger partial charge in [0.2, 0.25) is 5.88 Å². The number of sulfonamides is 1. The van der Waals surface area contributed by atoms with Crippen molar-refractivity contribution in [2.45, 2.75) is 50.5 Å². The van der Waals surface area contributed by atoms with Crippen molar-refractivity contribution in [2.75, 3.05) is 93.5 Å². The number of nitro benzene ring substituents is 1. The number of allylic oxidation sites excluding steroid dienone is 1. The molecule has 1 amide bonds. The van der Waals surface area contributed by atoms with E-state index in [0.717, 1.165) is 62.1 Å². The summed E-state index contributed by atoms with van der Waals surface area (Å²) < 4.78 is 53.6. The standard InChI is InChI=1S/C48H57ClN9O10PS/c1-48(2)14-12-34(40(27-48)32-4-6-35(49)7-5-32)29-54-17-19-56(20-18-54)36-8-10-39(42(25-36)57-16-3-22-68-47-44(57)24-33-13-15-50-45(33)52-47)46(59)53-70(65,66)38-9-11-41(43(26-38)58(60)61)51-28-37-30-55(21-23-67-37)31-69(62,63)64/h4-11,13,15,24-26,37,51H,3,12,14,16-23,27-31H2,1-2H3,(H,50,52)(H,53,59)(H2,62,63,64). The third kappa shape index (κ3) is 11.5. The van der Waals surface area contributed by atoms with Crippen molar-refractivity contribution in [3.63, 3.8) is 0 Å². The van der Waals surface area contributed by atoms with E-state index in [9.17, 15) is 37.7 Å². The summed E-state index contributed by atoms with van der Waals surface area (Å²) in [5.41, 5.74) is 6.30. The highest BCUT2D eigenvalue weighted by molar-refractivity contribution is 7.90. The van der Waals surface area contributed by atoms with Crippen molar-refractivity contribution in [3.8, 4) is 5.88 Å². The number of benzene rings is 3. The molecule has 70 heavy (non-hydrogen) atoms. The van der Waals surface area contributed by atoms with E-state index < -0.39 is 51.4 Å². The summed E-state index contributed by atoms with van der Waals surface area (Å²) >= 11 is 6.27. The number of nitrogens with one attached hydrogen (secondary N) is 3. The molecule has 5 N–H and O–H groups in total. The molecule has 19 nitrogen and oxygen atoms in total. The van der Waals surface area contributed by atoms with Crippen LogP contribution in [0.4, 0.5) is 28.4 Å². The van der Waals surface area contributed by atoms with Crippen LogP contribution in [0.5, 0.6) is 5.88 Å². The van der Waals surface area contributed by atoms with E-state index in [1.54, 1.807) is 17.2 Å². The van der Waals surface area contributed by atoms with E-state index in [0.29, 0.717) is 67.1 Å². The van der Waals surface area contributed by atoms with E-state index in [2.05, 4.69) is 50.8 Å². The number of morpholine rings is 1. The lowest BCUT2D eigenvalue weighted by Crippen LogP contribution is -2.47. The largest absolute Gasteiger partial charge is 0.476 e. The Balaban J connectivity index is 0.963. The second-order valence-corrected chi connectivity index (χ2v) is 22.8. The van der Waals surface area contributed by atoms with Gasteiger partial charge in [-0.2, -0.15) is 4.98 Å². The monoisotopic (exact) mass is 1020 g/mol. The van der Waals surface area contributed by atoms with E-state index in [4.69, 9.17) is 26.1 Å². The minimum Gasteiger partial charge on any atom is -0.476 e. The number of H-pyrrole nitrogens is 1. The molecule has 3 aliphatic heterocycles. The SMILES string of the molecule is CC1(C)CCC(CN2CCN(c3ccc(C(=O)NS(=O)(=O)c4ccc(NCC5CN(CP(=O)(O)O)CCO5)c([N+](=O)[O-])c4)c(N4CCCOc5nc6[nH]ccc6cc54)c3)CC2)=C(c2ccc(Cl)cc2)C1. The number of carbonyl (C=O) groups is 1. The Morgan fingerprint density at radius 3 is 2.53 bits per heavy atom. The first kappa shape index (κ1) is 49.4. The molecule has 1 unspecified atom stereocenters. The topological polar surface area (TPSA) is 236 Å². The molecule has 2 fully saturated rings. The summed E-state index contributed by atoms with van der Waals surface area (Å²) in [4.78, 5) is 60.4. The fraction of sp³-hybridized carbons (Fsp3) is 0.417. The van der Waals surface area contributed by atoms with Gasteiger partial charge < -0.3 is 39.4 Å². The Bertz CT molecular complexity index is 2980. The average molecular weight is 1020 g/mol. The van der Waals surface area contributed by atoms with Crippen LogP contribution in [0.1, 0.15) is 55.5 Å². The predicted octanol–water partition coefficient (Wildman–Crippen LogP) is 7.20. The van der Waals surface area contributed by atoms with Crippen LogP contribution in [0.25, 0.3) is 16.6 Å². The molecule has 4 aliphatic rings. The van der Waals surface area contributed by atoms with Crippen LogP contribution in [0.2, 0.25) is 5.02 Å². The number of rotatable bonds is 14. The number of carbonyl (C=O) groups excluding carboxylic acids is 1. The van der Waals surface area contributed by atoms with Crippen molar-refractivity contribution in [1.82, 2.24) is 24.5 Å². The van der Waals surface area contributed by atoms with Gasteiger partial charge in [-0.1, -0.05) is 43.2 Å². The van der Waals surface area contributed by atoms with Gasteiger partial charge in [-0.25, -0.2) is 13.1 Å². The van der Waals surface area contributed by atoms with Crippen LogP contribution >= 0.6 is 19.2 Å². The Labute approximate surface area is 411 Å². The summed E-state index contributed by atoms with van der Waals surface area (Å²) in [6.45, 7) is 10.1. The molecule has 372 valence electrons. The van der Waals surface area contributed by atoms with E-state index >= 15 is 0 Å². The molecule has 22 heteroatoms. The first-order valence-corrected chi connectivity index (χ1v) is 27.0. The summed E-state index contributed by atoms with van der Waals surface area (Å²) in [6, 6.07) is 20.6. The molecule has 0 saturated carbocycles. The normalized spacial score (nSPS) is 19.4. The first-order valence-electron chi connectivity index (χ1n) is 23.3. The van der Waals surface area contributed by atoms with Gasteiger partial charge in [0, 0.05) is 87.3 Å². The molecule has 0 spiro atoms. The Hall–Kier alpha value is -5.57. The van der Waals surface area contributed by atoms with Crippen molar-refractivity contribution in [3.05, 3.63) is 111 Å². The molecule has 1 aliphatic carbocycles. The molecule has 9 rings (SSSR count). The first-order chi connectivity index (χ1) is 33.4. The zero-order valence-electron chi connectivity index (χ0n) is 39.0. The minimum absolute atomic E-state index is 0.00492. The van der Waals surface area contributed by atoms with E-state index in [1.165, 1.54) is 22.8 Å². The quantitative estimate of drug-likeness (QED) is 0.0420. The Morgan fingerprint density at radius 1 is 0.986 bits per heavy atom. The fourth-order valence-electron chi connectivity index (χ4n) is 9.78. The number of halogens is 1. The molecule has 3 aromatic carbocycles. The minimum atomic E-state index is -4.68. The van der Waals surface area contributed by atoms with Crippen LogP contribution in [0.3, 0.4) is 0 Å². The van der Waals surface area contributed by atoms with Gasteiger partial charge in [-0.3, -0.25) is 29.3 Å². The van der Waals surface area contributed by atoms with Crippen LogP contribution in [0.15, 0.2) is 89.5 Å². The lowest BCUT2D eigenvalue weighted by Gasteiger charge is -2.39. The Morgan fingerprint density at radius 2 is 1.77 bits per heavy atom. The predicted molar refractivity (Wildman–Crippen MR) is 269 cm³/mol. The van der Waals surface area contributed by atoms with Crippen LogP contribution in [0, 0.1) is 15.5 Å². The maximum atomic E-state index is 14.4. The lowest BCUT2D eigenvalue weighted by atomic mass is 9.72. The van der Waals surface area contributed by atoms with Crippen molar-refractivity contribution in [1.29, 1.82) is 0 Å². The smallest absolute Gasteiger partial charge is 0.339 e. The van der Waals surface area contributed by atoms with Gasteiger partial charge in [-0.15, -0.1) is 0 Å². The van der Waals surface area contributed by atoms with Crippen molar-refractivity contribution < 1.29 is 42.0 Å². The molecule has 2 aromatic heterocycles. The van der Waals surface area contributed by atoms with E-state index in [-0.39, 0.29) is 36.4 Å². The highest BCUT2D eigenvalue weighted by atomic mass is 35.5. The number of piperazine rings is 1. The molecule has 0 bridgehead atoms. The number of anilines is 4. The van der Waals surface area contributed by atoms with Gasteiger partial charge in [0.15, 0.2) is 0 Å². The number of aromatic nitrogens is 2. The Kier molecular flexibility index (Phi) is 14.3. The molecule has 1 atom stereocenters. The molecule has 0 radical (unpaired) electrons. The zero-order chi connectivity index (χ0) is 49.4. The van der Waals surface area contributed by atoms with Crippen LogP contribution in [-0.4, -0.2) is 133 Å². The van der Waals surface area contributed by atoms with Gasteiger partial charge in [0.05, 0.1) is 40.4 Å². The number of ether oxygens (including phenoxy) is 2. The van der Waals surface area contributed by atoms with Crippen LogP contribution < -0.4 is 24.6 Å². The molecule has 5 aromatic rings. The zero-order valence-corrected chi connectivity index (χ0v) is 41.4. The van der Waals surface area contributed by atoms with Crippen molar-refractivity contribution >= 4 is 80.2 Å². The highest BCUT2D eigenvalue weighted by Gasteiger charge is 2.33. The van der Waals surface area contributed by atoms with Gasteiger partial charge >= 0.3 is 7.60 Å². The number of hydrogen-bond donors (Lipinski definition) is 5. The van der Waals surface area contributed by atoms with E-state index in [1.807, 2.05) is 41.3 Å². The second-order valence-electron chi connectivity index (χ2n) is 19.1. The number of amides is 1. The maximum Gasteiger partial charge on any atom is 0.339 e. The number of nitro groups is 1. The molecular weight excluding hydrogens is 961 g/mol. The molecule has 5 heterocycles. The average Bonchev–Trinajstić information content (AvgIpc) is 3.68. The molecular formula is C48H57ClN9O10PS. The third-order valence-corrected chi connectivity index (χ3v) is 15.8. The number of aromatic amines is 1. The van der Waals surface area contributed by atoms with Crippen molar-refractivity contribution in [2.24, 2.45) is 5.41 Å². The fourth-order valence-corrected chi connectivity index (χ4v) is 11.7. The second kappa shape index (κ2) is 20.3. The number of fused-ring (bicyclic) bond motifs is 2. The number of pyridine rings is 1. The summed E-state index contributed by atoms with van der Waals surface area (Å²) in [5.74, 6) is -0.577. The summed E-state index contributed by atoms with van der Waals surface area (Å²) in [5, 5.41) is 16.8. The third-order valence-electron chi connectivity index (χ3n) is 13.4. The number of nitrogens with zero attached hydrogens (tertiary/aromatic N) is 6. The van der Waals surface area contributed by atoms with Gasteiger partial charge in [0.1, 0.15) is 23.3 Å². The van der Waals surface area contributed by atoms with Crippen LogP contribution in [-0.2, 0) is 19.3 Å². The summed E-state index contributed by atoms with van der Waals surface area (Å²) in [7, 11) is -8.99. The highest BCUT2D eigenvalue weighted by Crippen LogP contribution is 2.44. The number of hydrogen-bond acceptors (Lipinski definition) is 14. The van der Waals surface area contributed by atoms with Gasteiger partial charge in [-0.05, 0) is 96.8 Å². The summed E-state index contributed by atoms with van der Waals surface area (Å²) in [6.07, 6.45) is 4.48. The van der Waals surface area contributed by atoms with Gasteiger partial charge in [0.25, 0.3) is 21.6 Å².